The predicted molar refractivity (Wildman–Crippen MR) is 92.1 cm³/mol. The number of halogens is 3. The number of aromatic nitrogens is 2. The van der Waals surface area contributed by atoms with E-state index in [0.717, 1.165) is 21.1 Å². The van der Waals surface area contributed by atoms with Crippen LogP contribution in [0.25, 0.3) is 11.0 Å². The summed E-state index contributed by atoms with van der Waals surface area (Å²) < 4.78 is 2.98. The van der Waals surface area contributed by atoms with Crippen LogP contribution in [0.15, 0.2) is 40.9 Å². The molecule has 2 N–H and O–H groups in total. The summed E-state index contributed by atoms with van der Waals surface area (Å²) in [6.07, 6.45) is 0. The summed E-state index contributed by atoms with van der Waals surface area (Å²) in [7, 11) is 0. The van der Waals surface area contributed by atoms with Crippen molar-refractivity contribution in [2.24, 2.45) is 0 Å². The van der Waals surface area contributed by atoms with Gasteiger partial charge in [-0.2, -0.15) is 0 Å². The second kappa shape index (κ2) is 5.52. The summed E-state index contributed by atoms with van der Waals surface area (Å²) in [6.45, 7) is 2.07. The number of hydrogen-bond donors (Lipinski definition) is 1. The molecule has 3 nitrogen and oxygen atoms in total. The molecule has 0 aliphatic heterocycles. The Kier molecular flexibility index (Phi) is 3.86. The Balaban J connectivity index is 2.19. The zero-order valence-electron chi connectivity index (χ0n) is 11.1. The molecule has 2 aromatic carbocycles. The van der Waals surface area contributed by atoms with Gasteiger partial charge in [-0.25, -0.2) is 4.98 Å². The molecule has 108 valence electrons. The van der Waals surface area contributed by atoms with Crippen molar-refractivity contribution >= 4 is 56.1 Å². The van der Waals surface area contributed by atoms with E-state index in [1.54, 1.807) is 12.1 Å². The highest BCUT2D eigenvalue weighted by Crippen LogP contribution is 2.33. The molecule has 0 radical (unpaired) electrons. The highest BCUT2D eigenvalue weighted by molar-refractivity contribution is 9.10. The van der Waals surface area contributed by atoms with E-state index >= 15 is 0 Å². The lowest BCUT2D eigenvalue weighted by Crippen LogP contribution is -2.10. The van der Waals surface area contributed by atoms with Gasteiger partial charge in [-0.1, -0.05) is 51.3 Å². The van der Waals surface area contributed by atoms with E-state index in [4.69, 9.17) is 28.9 Å². The van der Waals surface area contributed by atoms with Crippen LogP contribution in [0.5, 0.6) is 0 Å². The number of rotatable bonds is 2. The quantitative estimate of drug-likeness (QED) is 0.651. The van der Waals surface area contributed by atoms with Crippen LogP contribution in [0.2, 0.25) is 10.0 Å². The van der Waals surface area contributed by atoms with E-state index in [2.05, 4.69) is 40.0 Å². The van der Waals surface area contributed by atoms with Crippen LogP contribution in [0.1, 0.15) is 18.5 Å². The molecular formula is C15H12BrCl2N3. The predicted octanol–water partition coefficient (Wildman–Crippen LogP) is 5.30. The Morgan fingerprint density at radius 3 is 2.62 bits per heavy atom. The van der Waals surface area contributed by atoms with Crippen molar-refractivity contribution in [3.8, 4) is 0 Å². The van der Waals surface area contributed by atoms with Gasteiger partial charge in [-0.3, -0.25) is 0 Å². The van der Waals surface area contributed by atoms with Gasteiger partial charge in [0, 0.05) is 4.47 Å². The summed E-state index contributed by atoms with van der Waals surface area (Å²) in [4.78, 5) is 4.37. The van der Waals surface area contributed by atoms with Gasteiger partial charge in [-0.15, -0.1) is 0 Å². The van der Waals surface area contributed by atoms with Gasteiger partial charge >= 0.3 is 0 Å². The van der Waals surface area contributed by atoms with Crippen molar-refractivity contribution in [1.82, 2.24) is 9.55 Å². The Morgan fingerprint density at radius 2 is 1.90 bits per heavy atom. The summed E-state index contributed by atoms with van der Waals surface area (Å²) in [5.41, 5.74) is 8.82. The van der Waals surface area contributed by atoms with E-state index < -0.39 is 0 Å². The van der Waals surface area contributed by atoms with Gasteiger partial charge in [0.15, 0.2) is 0 Å². The van der Waals surface area contributed by atoms with Crippen molar-refractivity contribution in [3.63, 3.8) is 0 Å². The minimum absolute atomic E-state index is 0.0322. The Bertz CT molecular complexity index is 829. The SMILES string of the molecule is CC(c1cccc(Br)c1)n1c(N)nc2cc(Cl)c(Cl)cc21. The first-order valence-corrected chi connectivity index (χ1v) is 7.90. The number of fused-ring (bicyclic) bond motifs is 1. The van der Waals surface area contributed by atoms with E-state index in [1.807, 2.05) is 16.7 Å². The fraction of sp³-hybridized carbons (Fsp3) is 0.133. The van der Waals surface area contributed by atoms with Gasteiger partial charge < -0.3 is 10.3 Å². The van der Waals surface area contributed by atoms with Gasteiger partial charge in [0.2, 0.25) is 5.95 Å². The molecule has 0 saturated carbocycles. The third kappa shape index (κ3) is 2.63. The molecule has 6 heteroatoms. The molecule has 1 unspecified atom stereocenters. The second-order valence-corrected chi connectivity index (χ2v) is 6.56. The van der Waals surface area contributed by atoms with E-state index in [0.29, 0.717) is 16.0 Å². The van der Waals surface area contributed by atoms with Gasteiger partial charge in [0.1, 0.15) is 0 Å². The Labute approximate surface area is 140 Å². The number of nitrogens with two attached hydrogens (primary N) is 1. The number of nitrogens with zero attached hydrogens (tertiary/aromatic N) is 2. The minimum atomic E-state index is 0.0322. The summed E-state index contributed by atoms with van der Waals surface area (Å²) >= 11 is 15.7. The molecule has 0 saturated heterocycles. The number of imidazole rings is 1. The molecule has 3 rings (SSSR count). The lowest BCUT2D eigenvalue weighted by Gasteiger charge is -2.17. The van der Waals surface area contributed by atoms with Crippen LogP contribution in [0.3, 0.4) is 0 Å². The highest BCUT2D eigenvalue weighted by Gasteiger charge is 2.17. The van der Waals surface area contributed by atoms with Crippen LogP contribution >= 0.6 is 39.1 Å². The average molecular weight is 385 g/mol. The molecule has 0 bridgehead atoms. The van der Waals surface area contributed by atoms with Crippen molar-refractivity contribution in [2.75, 3.05) is 5.73 Å². The van der Waals surface area contributed by atoms with Crippen LogP contribution in [0.4, 0.5) is 5.95 Å². The molecular weight excluding hydrogens is 373 g/mol. The van der Waals surface area contributed by atoms with E-state index in [1.165, 1.54) is 0 Å². The van der Waals surface area contributed by atoms with E-state index in [9.17, 15) is 0 Å². The first-order chi connectivity index (χ1) is 9.97. The second-order valence-electron chi connectivity index (χ2n) is 4.83. The standard InChI is InChI=1S/C15H12BrCl2N3/c1-8(9-3-2-4-10(16)5-9)21-14-7-12(18)11(17)6-13(14)20-15(21)19/h2-8H,1H3,(H2,19,20). The molecule has 3 aromatic rings. The van der Waals surface area contributed by atoms with Crippen LogP contribution in [-0.4, -0.2) is 9.55 Å². The largest absolute Gasteiger partial charge is 0.369 e. The summed E-state index contributed by atoms with van der Waals surface area (Å²) in [6, 6.07) is 11.7. The first kappa shape index (κ1) is 14.7. The molecule has 0 aliphatic carbocycles. The van der Waals surface area contributed by atoms with Crippen molar-refractivity contribution in [2.45, 2.75) is 13.0 Å². The van der Waals surface area contributed by atoms with Crippen molar-refractivity contribution < 1.29 is 0 Å². The van der Waals surface area contributed by atoms with Gasteiger partial charge in [0.25, 0.3) is 0 Å². The molecule has 0 fully saturated rings. The van der Waals surface area contributed by atoms with Gasteiger partial charge in [-0.05, 0) is 36.8 Å². The van der Waals surface area contributed by atoms with Crippen LogP contribution < -0.4 is 5.73 Å². The highest BCUT2D eigenvalue weighted by atomic mass is 79.9. The molecule has 0 spiro atoms. The van der Waals surface area contributed by atoms with Crippen molar-refractivity contribution in [3.05, 3.63) is 56.5 Å². The molecule has 1 heterocycles. The normalized spacial score (nSPS) is 12.8. The smallest absolute Gasteiger partial charge is 0.201 e. The van der Waals surface area contributed by atoms with Crippen LogP contribution in [0, 0.1) is 0 Å². The maximum atomic E-state index is 6.12. The fourth-order valence-electron chi connectivity index (χ4n) is 2.43. The zero-order chi connectivity index (χ0) is 15.1. The fourth-order valence-corrected chi connectivity index (χ4v) is 3.16. The maximum absolute atomic E-state index is 6.12. The van der Waals surface area contributed by atoms with Crippen LogP contribution in [-0.2, 0) is 0 Å². The third-order valence-electron chi connectivity index (χ3n) is 3.48. The van der Waals surface area contributed by atoms with E-state index in [-0.39, 0.29) is 6.04 Å². The number of anilines is 1. The number of nitrogen functional groups attached to an aromatic ring is 1. The molecule has 1 atom stereocenters. The lowest BCUT2D eigenvalue weighted by molar-refractivity contribution is 0.667. The zero-order valence-corrected chi connectivity index (χ0v) is 14.2. The summed E-state index contributed by atoms with van der Waals surface area (Å²) in [5, 5.41) is 0.968. The monoisotopic (exact) mass is 383 g/mol. The van der Waals surface area contributed by atoms with Crippen molar-refractivity contribution in [1.29, 1.82) is 0 Å². The minimum Gasteiger partial charge on any atom is -0.369 e. The number of hydrogen-bond acceptors (Lipinski definition) is 2. The lowest BCUT2D eigenvalue weighted by atomic mass is 10.1. The molecule has 0 aliphatic rings. The Morgan fingerprint density at radius 1 is 1.19 bits per heavy atom. The first-order valence-electron chi connectivity index (χ1n) is 6.35. The summed E-state index contributed by atoms with van der Waals surface area (Å²) in [5.74, 6) is 0.441. The molecule has 0 amide bonds. The third-order valence-corrected chi connectivity index (χ3v) is 4.69. The number of benzene rings is 2. The molecule has 1 aromatic heterocycles. The molecule has 21 heavy (non-hydrogen) atoms. The topological polar surface area (TPSA) is 43.8 Å². The maximum Gasteiger partial charge on any atom is 0.201 e. The average Bonchev–Trinajstić information content (AvgIpc) is 2.74. The van der Waals surface area contributed by atoms with Gasteiger partial charge in [0.05, 0.1) is 27.1 Å². The Hall–Kier alpha value is -1.23.